The third-order valence-corrected chi connectivity index (χ3v) is 128. The smallest absolute Gasteiger partial charge is 0.223 e. The van der Waals surface area contributed by atoms with Crippen molar-refractivity contribution in [2.45, 2.75) is 57.7 Å². The van der Waals surface area contributed by atoms with Crippen molar-refractivity contribution < 1.29 is 14.7 Å². The molecule has 2 aromatic carbocycles. The van der Waals surface area contributed by atoms with Gasteiger partial charge in [-0.25, -0.2) is 0 Å². The van der Waals surface area contributed by atoms with Crippen molar-refractivity contribution >= 4 is 537 Å². The Morgan fingerprint density at radius 3 is 0.871 bits per heavy atom. The van der Waals surface area contributed by atoms with E-state index >= 15 is 0 Å². The first-order valence-electron chi connectivity index (χ1n) is 22.2. The lowest BCUT2D eigenvalue weighted by molar-refractivity contribution is -0.146. The number of likely N-dealkylation sites (tertiary alicyclic amines) is 1. The quantitative estimate of drug-likeness (QED) is 0.446. The number of nitrogens with zero attached hydrogens (tertiary/aromatic N) is 3. The van der Waals surface area contributed by atoms with Crippen LogP contribution < -0.4 is 0 Å². The predicted molar refractivity (Wildman–Crippen MR) is 560 cm³/mol. The zero-order valence-corrected chi connectivity index (χ0v) is 92.0. The number of piperazine rings is 1. The molecule has 93 heavy (non-hydrogen) atoms. The molecule has 4 rings (SSSR count). The molecule has 0 spiro atoms. The molecule has 6 nitrogen and oxygen atoms in total. The van der Waals surface area contributed by atoms with Gasteiger partial charge in [-0.05, 0) is 68.0 Å². The Kier molecular flexibility index (Phi) is 73.4. The number of amides is 2. The zero-order valence-electron chi connectivity index (χ0n) is 44.7. The van der Waals surface area contributed by atoms with Crippen LogP contribution in [-0.4, -0.2) is 76.0 Å². The van der Waals surface area contributed by atoms with Crippen molar-refractivity contribution in [1.29, 1.82) is 0 Å². The van der Waals surface area contributed by atoms with E-state index in [1.807, 2.05) is 414 Å². The first kappa shape index (κ1) is 97.4. The summed E-state index contributed by atoms with van der Waals surface area (Å²) in [6.45, 7) is 8.33. The summed E-state index contributed by atoms with van der Waals surface area (Å²) in [6, 6.07) is 15.3. The summed E-state index contributed by atoms with van der Waals surface area (Å²) >= 11 is 22.0. The topological polar surface area (TPSA) is 64.1 Å². The van der Waals surface area contributed by atoms with E-state index in [4.69, 9.17) is 45.6 Å². The highest BCUT2D eigenvalue weighted by Crippen LogP contribution is 2.35. The van der Waals surface area contributed by atoms with E-state index < -0.39 is 5.60 Å². The minimum atomic E-state index is -1.07. The van der Waals surface area contributed by atoms with Crippen molar-refractivity contribution in [2.75, 3.05) is 32.7 Å². The van der Waals surface area contributed by atoms with E-state index in [1.165, 1.54) is 17.8 Å². The number of hydrogen-bond donors (Lipinski definition) is 1. The largest absolute Gasteiger partial charge is 0.388 e. The molecule has 1 atom stereocenters. The van der Waals surface area contributed by atoms with E-state index in [-0.39, 0.29) is 29.8 Å². The number of carbonyl (C=O) groups excluding carboxylic acids is 2. The Morgan fingerprint density at radius 1 is 0.419 bits per heavy atom. The second-order valence-electron chi connectivity index (χ2n) is 14.6. The Morgan fingerprint density at radius 2 is 0.656 bits per heavy atom. The number of aliphatic hydroxyl groups is 1. The number of carbonyl (C=O) groups is 2. The van der Waals surface area contributed by atoms with Gasteiger partial charge in [-0.1, -0.05) is 47.5 Å². The van der Waals surface area contributed by atoms with Crippen molar-refractivity contribution in [2.24, 2.45) is 5.92 Å². The highest BCUT2D eigenvalue weighted by atomic mass is 35.5. The molecule has 2 aliphatic heterocycles. The Hall–Kier alpha value is 10.2. The maximum Gasteiger partial charge on any atom is 0.223 e. The molecule has 0 aliphatic carbocycles. The van der Waals surface area contributed by atoms with E-state index in [0.717, 1.165) is 24.0 Å². The van der Waals surface area contributed by atoms with E-state index in [2.05, 4.69) is 4.90 Å². The molecule has 2 fully saturated rings. The maximum absolute atomic E-state index is 13.5. The van der Waals surface area contributed by atoms with Crippen LogP contribution >= 0.6 is 23.2 Å². The summed E-state index contributed by atoms with van der Waals surface area (Å²) in [6.07, 6.45) is 2.14. The zero-order chi connectivity index (χ0) is 66.9. The number of rotatable bonds is 6. The molecule has 2 saturated heterocycles. The van der Waals surface area contributed by atoms with Crippen LogP contribution in [0.25, 0.3) is 0 Å². The molecule has 1 N–H and O–H groups in total. The van der Waals surface area contributed by atoms with Gasteiger partial charge in [0.25, 0.3) is 0 Å². The average Bonchev–Trinajstić information content (AvgIpc) is 0.795. The highest BCUT2D eigenvalue weighted by molar-refractivity contribution is 8.83. The van der Waals surface area contributed by atoms with Crippen LogP contribution in [0.1, 0.15) is 57.2 Å². The summed E-state index contributed by atoms with van der Waals surface area (Å²) in [7, 11) is 96.7. The van der Waals surface area contributed by atoms with Gasteiger partial charge in [-0.3, -0.25) is 14.5 Å². The highest BCUT2D eigenvalue weighted by Gasteiger charge is 2.42. The van der Waals surface area contributed by atoms with Crippen molar-refractivity contribution in [3.63, 3.8) is 0 Å². The Balaban J connectivity index is 0.000000523. The first-order chi connectivity index (χ1) is 45.4. The fourth-order valence-electron chi connectivity index (χ4n) is 6.25. The minimum Gasteiger partial charge on any atom is -0.388 e. The minimum absolute atomic E-state index is 0.0625. The molecule has 2 amide bonds. The van der Waals surface area contributed by atoms with Crippen LogP contribution in [-0.2, 0) is 512 Å². The number of benzene rings is 2. The van der Waals surface area contributed by atoms with Crippen LogP contribution in [0.4, 0.5) is 0 Å². The number of piperidine rings is 1. The standard InChI is InChI=1S/C29H37Cl2N3O3.S56/c1-20(35)32-14-12-21(13-15-32)18-27(36)34-17-16-33(19-26(34)29(2,3)37)28(22-4-8-24(30)9-5-22)23-6-10-25(31)11-7-23;1-3-5-7-9-11-13-15-17-19-21-23-25-27-29-31-33-35-37-39-41-43-45-47-49-51-53-55-56-54-52-50-48-46-44-42-40-38-36-34-32-30-28-26-24-22-20-18-16-14-12-10-8-6-4-2/h4-11,21,26,28,37H,12-19H2,1-3H3;/t26-;/m1./s1. The Bertz CT molecular complexity index is 5380. The lowest BCUT2D eigenvalue weighted by Gasteiger charge is -2.49. The van der Waals surface area contributed by atoms with Crippen LogP contribution in [0, 0.1) is 5.92 Å². The normalized spacial score (nSPS) is 12.6. The summed E-state index contributed by atoms with van der Waals surface area (Å²) < 4.78 is 0. The van der Waals surface area contributed by atoms with Gasteiger partial charge in [-0.2, -0.15) is 0 Å². The molecule has 0 saturated carbocycles. The van der Waals surface area contributed by atoms with E-state index in [1.54, 1.807) is 127 Å². The van der Waals surface area contributed by atoms with Crippen LogP contribution in [0.5, 0.6) is 0 Å². The van der Waals surface area contributed by atoms with E-state index in [0.29, 0.717) is 49.2 Å². The van der Waals surface area contributed by atoms with Gasteiger partial charge in [-0.15, -0.1) is 0 Å². The van der Waals surface area contributed by atoms with Crippen molar-refractivity contribution in [3.8, 4) is 0 Å². The summed E-state index contributed by atoms with van der Waals surface area (Å²) in [4.78, 5) is 31.2. The molecule has 0 bridgehead atoms. The predicted octanol–water partition coefficient (Wildman–Crippen LogP) is 4.88. The molecular formula is C29H37Cl2N3O3S56. The fourth-order valence-corrected chi connectivity index (χ4v) is 149. The maximum atomic E-state index is 13.5. The molecular weight excluding hydrogens is 2300 g/mol. The third kappa shape index (κ3) is 55.3. The molecule has 0 unspecified atom stereocenters. The van der Waals surface area contributed by atoms with Gasteiger partial charge in [0.1, 0.15) is 0 Å². The monoisotopic (exact) mass is 2340 g/mol. The van der Waals surface area contributed by atoms with Gasteiger partial charge in [0, 0.05) is 558 Å². The number of halogens is 2. The second kappa shape index (κ2) is 70.1. The lowest BCUT2D eigenvalue weighted by Crippen LogP contribution is -2.63. The van der Waals surface area contributed by atoms with Crippen LogP contribution in [0.3, 0.4) is 0 Å². The summed E-state index contributed by atoms with van der Waals surface area (Å²) in [5, 5.41) is 12.5. The first-order valence-corrected chi connectivity index (χ1v) is 96.3. The lowest BCUT2D eigenvalue weighted by atomic mass is 9.89. The molecule has 2 aromatic rings. The summed E-state index contributed by atoms with van der Waals surface area (Å²) in [5.41, 5.74) is 1.12. The molecule has 64 heteroatoms. The van der Waals surface area contributed by atoms with Crippen molar-refractivity contribution in [3.05, 3.63) is 69.7 Å². The van der Waals surface area contributed by atoms with Gasteiger partial charge >= 0.3 is 0 Å². The van der Waals surface area contributed by atoms with Gasteiger partial charge in [0.2, 0.25) is 11.8 Å². The van der Waals surface area contributed by atoms with E-state index in [9.17, 15) is 14.7 Å². The van der Waals surface area contributed by atoms with Crippen molar-refractivity contribution in [1.82, 2.24) is 14.7 Å². The third-order valence-electron chi connectivity index (χ3n) is 9.28. The Labute approximate surface area is 715 Å². The van der Waals surface area contributed by atoms with Gasteiger partial charge in [0.15, 0.2) is 0 Å². The van der Waals surface area contributed by atoms with Crippen LogP contribution in [0.2, 0.25) is 10.0 Å². The summed E-state index contributed by atoms with van der Waals surface area (Å²) in [5.74, 6) is 0.445. The molecule has 0 radical (unpaired) electrons. The molecule has 0 aromatic heterocycles. The van der Waals surface area contributed by atoms with Gasteiger partial charge in [0.05, 0.1) is 17.7 Å². The average molecular weight is 2340 g/mol. The SMILES string of the molecule is CC(=O)N1CCC(CC(=O)N2CCN(C(c3ccc(Cl)cc3)c3ccc(Cl)cc3)C[C@@H]2C(C)(C)O)CC1.S=S=S=S=S=S=S=S=S=S=S=S=S=S=S=S=S=S=S=S=S=S=S=S=S=S=S=S=S=S=S=S=S=S=S=S=S=S=S=S=S=S=S=S=S=S=S=S=S=S=S=S=S=S=S=S. The second-order valence-corrected chi connectivity index (χ2v) is 111. The fraction of sp³-hybridized carbons (Fsp3) is 0.517. The van der Waals surface area contributed by atoms with Crippen LogP contribution in [0.15, 0.2) is 48.5 Å². The number of hydrogen-bond acceptors (Lipinski definition) is 6. The van der Waals surface area contributed by atoms with Gasteiger partial charge < -0.3 is 14.9 Å². The molecule has 536 valence electrons. The molecule has 2 heterocycles. The molecule has 2 aliphatic rings.